The Kier molecular flexibility index (Phi) is 3.97. The predicted octanol–water partition coefficient (Wildman–Crippen LogP) is 2.37. The number of pyridine rings is 1. The number of carbonyl (C=O) groups excluding carboxylic acids is 1. The van der Waals surface area contributed by atoms with Gasteiger partial charge in [-0.1, -0.05) is 12.1 Å². The molecule has 0 fully saturated rings. The van der Waals surface area contributed by atoms with Gasteiger partial charge in [-0.05, 0) is 36.8 Å². The summed E-state index contributed by atoms with van der Waals surface area (Å²) in [5, 5.41) is 3.97. The molecule has 5 heteroatoms. The minimum Gasteiger partial charge on any atom is -0.267 e. The number of hydrogen-bond donors (Lipinski definition) is 1. The molecule has 0 saturated heterocycles. The summed E-state index contributed by atoms with van der Waals surface area (Å²) in [7, 11) is 0. The van der Waals surface area contributed by atoms with Crippen molar-refractivity contribution in [1.82, 2.24) is 10.4 Å². The fourth-order valence-corrected chi connectivity index (χ4v) is 1.46. The summed E-state index contributed by atoms with van der Waals surface area (Å²) >= 11 is 0. The molecule has 0 unspecified atom stereocenters. The van der Waals surface area contributed by atoms with Gasteiger partial charge in [-0.25, -0.2) is 9.82 Å². The molecule has 0 aliphatic carbocycles. The lowest BCUT2D eigenvalue weighted by molar-refractivity contribution is 0.0954. The van der Waals surface area contributed by atoms with Crippen molar-refractivity contribution in [2.45, 2.75) is 6.92 Å². The van der Waals surface area contributed by atoms with Gasteiger partial charge in [-0.15, -0.1) is 0 Å². The Morgan fingerprint density at radius 2 is 1.74 bits per heavy atom. The van der Waals surface area contributed by atoms with E-state index in [1.807, 2.05) is 0 Å². The van der Waals surface area contributed by atoms with Crippen LogP contribution in [0.15, 0.2) is 53.9 Å². The van der Waals surface area contributed by atoms with Gasteiger partial charge in [0.2, 0.25) is 0 Å². The molecule has 0 aliphatic rings. The first-order chi connectivity index (χ1) is 9.16. The third-order valence-electron chi connectivity index (χ3n) is 2.53. The zero-order chi connectivity index (χ0) is 13.7. The van der Waals surface area contributed by atoms with Gasteiger partial charge in [0.15, 0.2) is 0 Å². The van der Waals surface area contributed by atoms with Crippen molar-refractivity contribution < 1.29 is 9.18 Å². The van der Waals surface area contributed by atoms with Crippen molar-refractivity contribution in [3.63, 3.8) is 0 Å². The molecule has 2 aromatic rings. The monoisotopic (exact) mass is 257 g/mol. The molecule has 0 atom stereocenters. The van der Waals surface area contributed by atoms with Crippen molar-refractivity contribution in [2.75, 3.05) is 0 Å². The number of rotatable bonds is 3. The third-order valence-corrected chi connectivity index (χ3v) is 2.53. The van der Waals surface area contributed by atoms with Crippen molar-refractivity contribution in [2.24, 2.45) is 5.10 Å². The Bertz CT molecular complexity index is 594. The van der Waals surface area contributed by atoms with Crippen molar-refractivity contribution >= 4 is 11.6 Å². The van der Waals surface area contributed by atoms with E-state index in [4.69, 9.17) is 0 Å². The lowest BCUT2D eigenvalue weighted by atomic mass is 10.1. The highest BCUT2D eigenvalue weighted by Gasteiger charge is 2.04. The molecule has 0 radical (unpaired) electrons. The van der Waals surface area contributed by atoms with Gasteiger partial charge < -0.3 is 0 Å². The fraction of sp³-hybridized carbons (Fsp3) is 0.0714. The van der Waals surface area contributed by atoms with E-state index in [2.05, 4.69) is 15.5 Å². The Morgan fingerprint density at radius 1 is 1.11 bits per heavy atom. The molecule has 2 rings (SSSR count). The molecular formula is C14H12FN3O. The number of aromatic nitrogens is 1. The standard InChI is InChI=1S/C14H12FN3O/c1-10(11-2-4-13(15)5-3-11)17-18-14(19)12-6-8-16-9-7-12/h2-9H,1H3,(H,18,19)/b17-10-. The number of hydrazone groups is 1. The second kappa shape index (κ2) is 5.86. The maximum absolute atomic E-state index is 12.8. The number of nitrogens with zero attached hydrogens (tertiary/aromatic N) is 2. The summed E-state index contributed by atoms with van der Waals surface area (Å²) in [4.78, 5) is 15.6. The second-order valence-electron chi connectivity index (χ2n) is 3.88. The minimum atomic E-state index is -0.316. The molecule has 19 heavy (non-hydrogen) atoms. The number of halogens is 1. The molecule has 1 aromatic heterocycles. The van der Waals surface area contributed by atoms with Crippen LogP contribution in [0.25, 0.3) is 0 Å². The SMILES string of the molecule is C/C(=N/NC(=O)c1ccncc1)c1ccc(F)cc1. The largest absolute Gasteiger partial charge is 0.271 e. The number of benzene rings is 1. The van der Waals surface area contributed by atoms with Crippen molar-refractivity contribution in [3.8, 4) is 0 Å². The van der Waals surface area contributed by atoms with Gasteiger partial charge in [-0.3, -0.25) is 9.78 Å². The first kappa shape index (κ1) is 12.9. The zero-order valence-electron chi connectivity index (χ0n) is 10.3. The highest BCUT2D eigenvalue weighted by molar-refractivity contribution is 6.00. The van der Waals surface area contributed by atoms with Crippen LogP contribution in [0.4, 0.5) is 4.39 Å². The molecule has 0 saturated carbocycles. The smallest absolute Gasteiger partial charge is 0.267 e. The Hall–Kier alpha value is -2.56. The highest BCUT2D eigenvalue weighted by atomic mass is 19.1. The van der Waals surface area contributed by atoms with Crippen LogP contribution in [0.3, 0.4) is 0 Å². The molecule has 96 valence electrons. The minimum absolute atomic E-state index is 0.308. The molecule has 0 aliphatic heterocycles. The van der Waals surface area contributed by atoms with Crippen LogP contribution in [0.5, 0.6) is 0 Å². The Balaban J connectivity index is 2.06. The second-order valence-corrected chi connectivity index (χ2v) is 3.88. The maximum atomic E-state index is 12.8. The van der Waals surface area contributed by atoms with E-state index >= 15 is 0 Å². The van der Waals surface area contributed by atoms with E-state index in [-0.39, 0.29) is 11.7 Å². The molecule has 1 heterocycles. The van der Waals surface area contributed by atoms with E-state index in [9.17, 15) is 9.18 Å². The first-order valence-corrected chi connectivity index (χ1v) is 5.67. The third kappa shape index (κ3) is 3.45. The normalized spacial score (nSPS) is 11.2. The zero-order valence-corrected chi connectivity index (χ0v) is 10.3. The quantitative estimate of drug-likeness (QED) is 0.678. The molecule has 0 bridgehead atoms. The van der Waals surface area contributed by atoms with E-state index in [1.165, 1.54) is 24.5 Å². The van der Waals surface area contributed by atoms with Crippen LogP contribution in [0, 0.1) is 5.82 Å². The van der Waals surface area contributed by atoms with Gasteiger partial charge in [0, 0.05) is 18.0 Å². The van der Waals surface area contributed by atoms with Crippen LogP contribution >= 0.6 is 0 Å². The molecule has 1 N–H and O–H groups in total. The fourth-order valence-electron chi connectivity index (χ4n) is 1.46. The van der Waals surface area contributed by atoms with Crippen molar-refractivity contribution in [1.29, 1.82) is 0 Å². The highest BCUT2D eigenvalue weighted by Crippen LogP contribution is 2.04. The number of carbonyl (C=O) groups is 1. The Morgan fingerprint density at radius 3 is 2.37 bits per heavy atom. The molecule has 0 spiro atoms. The maximum Gasteiger partial charge on any atom is 0.271 e. The van der Waals surface area contributed by atoms with Crippen LogP contribution < -0.4 is 5.43 Å². The van der Waals surface area contributed by atoms with Crippen LogP contribution in [-0.2, 0) is 0 Å². The van der Waals surface area contributed by atoms with E-state index in [0.29, 0.717) is 11.3 Å². The molecule has 1 aromatic carbocycles. The summed E-state index contributed by atoms with van der Waals surface area (Å²) in [5.74, 6) is -0.624. The topological polar surface area (TPSA) is 54.4 Å². The number of hydrogen-bond acceptors (Lipinski definition) is 3. The Labute approximate surface area is 110 Å². The summed E-state index contributed by atoms with van der Waals surface area (Å²) < 4.78 is 12.8. The number of amides is 1. The molecule has 4 nitrogen and oxygen atoms in total. The van der Waals surface area contributed by atoms with Crippen LogP contribution in [0.1, 0.15) is 22.8 Å². The van der Waals surface area contributed by atoms with E-state index < -0.39 is 0 Å². The lowest BCUT2D eigenvalue weighted by Gasteiger charge is -2.02. The average molecular weight is 257 g/mol. The van der Waals surface area contributed by atoms with Crippen molar-refractivity contribution in [3.05, 3.63) is 65.7 Å². The first-order valence-electron chi connectivity index (χ1n) is 5.67. The number of nitrogens with one attached hydrogen (secondary N) is 1. The van der Waals surface area contributed by atoms with E-state index in [0.717, 1.165) is 5.56 Å². The molecule has 1 amide bonds. The van der Waals surface area contributed by atoms with Crippen LogP contribution in [0.2, 0.25) is 0 Å². The summed E-state index contributed by atoms with van der Waals surface area (Å²) in [5.41, 5.74) is 4.26. The summed E-state index contributed by atoms with van der Waals surface area (Å²) in [6, 6.07) is 9.09. The van der Waals surface area contributed by atoms with Gasteiger partial charge in [0.05, 0.1) is 5.71 Å². The summed E-state index contributed by atoms with van der Waals surface area (Å²) in [6.45, 7) is 1.74. The van der Waals surface area contributed by atoms with Gasteiger partial charge in [0.25, 0.3) is 5.91 Å². The van der Waals surface area contributed by atoms with Gasteiger partial charge >= 0.3 is 0 Å². The molecular weight excluding hydrogens is 245 g/mol. The lowest BCUT2D eigenvalue weighted by Crippen LogP contribution is -2.19. The predicted molar refractivity (Wildman–Crippen MR) is 70.3 cm³/mol. The van der Waals surface area contributed by atoms with Crippen LogP contribution in [-0.4, -0.2) is 16.6 Å². The van der Waals surface area contributed by atoms with E-state index in [1.54, 1.807) is 31.2 Å². The summed E-state index contributed by atoms with van der Waals surface area (Å²) in [6.07, 6.45) is 3.07. The van der Waals surface area contributed by atoms with Gasteiger partial charge in [0.1, 0.15) is 5.82 Å². The average Bonchev–Trinajstić information content (AvgIpc) is 2.46. The van der Waals surface area contributed by atoms with Gasteiger partial charge in [-0.2, -0.15) is 5.10 Å².